The number of carbonyl (C=O) groups excluding carboxylic acids is 2. The number of hydrogen-bond acceptors (Lipinski definition) is 4. The predicted octanol–water partition coefficient (Wildman–Crippen LogP) is 0.191. The van der Waals surface area contributed by atoms with Crippen molar-refractivity contribution in [3.63, 3.8) is 0 Å². The Hall–Kier alpha value is -1.83. The fraction of sp³-hybridized carbons (Fsp3) is 0.833. The molecule has 0 spiro atoms. The first-order valence-corrected chi connectivity index (χ1v) is 9.86. The molecule has 8 heteroatoms. The summed E-state index contributed by atoms with van der Waals surface area (Å²) in [7, 11) is 0. The van der Waals surface area contributed by atoms with Gasteiger partial charge in [-0.15, -0.1) is 0 Å². The summed E-state index contributed by atoms with van der Waals surface area (Å²) in [6.07, 6.45) is 2.90. The molecule has 2 amide bonds. The molecule has 0 radical (unpaired) electrons. The molecular weight excluding hydrogens is 334 g/mol. The highest BCUT2D eigenvalue weighted by molar-refractivity contribution is 5.83. The van der Waals surface area contributed by atoms with Crippen LogP contribution in [0.15, 0.2) is 4.99 Å². The summed E-state index contributed by atoms with van der Waals surface area (Å²) in [5.74, 6) is 0.982. The lowest BCUT2D eigenvalue weighted by Gasteiger charge is -2.37. The normalized spacial score (nSPS) is 21.0. The number of aliphatic imine (C=N–C) groups is 1. The molecule has 0 saturated carbocycles. The van der Waals surface area contributed by atoms with E-state index in [0.717, 1.165) is 44.9 Å². The molecule has 148 valence electrons. The van der Waals surface area contributed by atoms with Crippen LogP contribution in [0.4, 0.5) is 0 Å². The maximum absolute atomic E-state index is 12.4. The van der Waals surface area contributed by atoms with Crippen molar-refractivity contribution in [2.75, 3.05) is 52.4 Å². The monoisotopic (exact) mass is 367 g/mol. The standard InChI is InChI=1S/C18H33N5O3/c1-3-8-20-16(24)7-9-21-18(19-4-2)23-12-10-22(11-13-23)17(25)15-6-5-14-26-15/h15H,3-14H2,1-2H3,(H,19,21)(H,20,24). The Morgan fingerprint density at radius 3 is 2.46 bits per heavy atom. The molecule has 0 aromatic rings. The molecule has 8 nitrogen and oxygen atoms in total. The molecule has 26 heavy (non-hydrogen) atoms. The fourth-order valence-corrected chi connectivity index (χ4v) is 3.16. The highest BCUT2D eigenvalue weighted by atomic mass is 16.5. The van der Waals surface area contributed by atoms with Gasteiger partial charge < -0.3 is 25.2 Å². The zero-order valence-electron chi connectivity index (χ0n) is 16.1. The average molecular weight is 367 g/mol. The maximum Gasteiger partial charge on any atom is 0.251 e. The zero-order valence-corrected chi connectivity index (χ0v) is 16.1. The van der Waals surface area contributed by atoms with E-state index in [1.165, 1.54) is 0 Å². The lowest BCUT2D eigenvalue weighted by molar-refractivity contribution is -0.142. The Kier molecular flexibility index (Phi) is 8.67. The first-order chi connectivity index (χ1) is 12.7. The van der Waals surface area contributed by atoms with E-state index < -0.39 is 0 Å². The van der Waals surface area contributed by atoms with E-state index >= 15 is 0 Å². The molecule has 1 atom stereocenters. The van der Waals surface area contributed by atoms with Crippen molar-refractivity contribution < 1.29 is 14.3 Å². The van der Waals surface area contributed by atoms with Gasteiger partial charge in [-0.1, -0.05) is 6.92 Å². The molecule has 2 saturated heterocycles. The number of piperazine rings is 1. The number of amides is 2. The number of hydrogen-bond donors (Lipinski definition) is 2. The van der Waals surface area contributed by atoms with Crippen LogP contribution < -0.4 is 10.6 Å². The van der Waals surface area contributed by atoms with Crippen LogP contribution in [-0.4, -0.2) is 86.1 Å². The number of carbonyl (C=O) groups is 2. The largest absolute Gasteiger partial charge is 0.368 e. The van der Waals surface area contributed by atoms with E-state index in [4.69, 9.17) is 4.74 Å². The molecule has 1 unspecified atom stereocenters. The molecule has 2 heterocycles. The highest BCUT2D eigenvalue weighted by Crippen LogP contribution is 2.16. The smallest absolute Gasteiger partial charge is 0.251 e. The third-order valence-corrected chi connectivity index (χ3v) is 4.60. The third-order valence-electron chi connectivity index (χ3n) is 4.60. The minimum Gasteiger partial charge on any atom is -0.368 e. The van der Waals surface area contributed by atoms with E-state index in [1.54, 1.807) is 0 Å². The molecule has 0 aromatic heterocycles. The van der Waals surface area contributed by atoms with Gasteiger partial charge in [-0.2, -0.15) is 0 Å². The van der Waals surface area contributed by atoms with E-state index in [1.807, 2.05) is 18.7 Å². The molecule has 2 fully saturated rings. The zero-order chi connectivity index (χ0) is 18.8. The quantitative estimate of drug-likeness (QED) is 0.496. The summed E-state index contributed by atoms with van der Waals surface area (Å²) in [5.41, 5.74) is 0. The van der Waals surface area contributed by atoms with Gasteiger partial charge in [-0.05, 0) is 26.2 Å². The Morgan fingerprint density at radius 1 is 1.12 bits per heavy atom. The number of ether oxygens (including phenoxy) is 1. The Labute approximate surface area is 156 Å². The van der Waals surface area contributed by atoms with Crippen LogP contribution >= 0.6 is 0 Å². The lowest BCUT2D eigenvalue weighted by Crippen LogP contribution is -2.55. The maximum atomic E-state index is 12.4. The Balaban J connectivity index is 1.80. The van der Waals surface area contributed by atoms with Crippen LogP contribution in [0.5, 0.6) is 0 Å². The van der Waals surface area contributed by atoms with Crippen LogP contribution in [0.25, 0.3) is 0 Å². The number of nitrogens with zero attached hydrogens (tertiary/aromatic N) is 3. The summed E-state index contributed by atoms with van der Waals surface area (Å²) in [4.78, 5) is 32.8. The van der Waals surface area contributed by atoms with Gasteiger partial charge in [-0.25, -0.2) is 0 Å². The van der Waals surface area contributed by atoms with Gasteiger partial charge in [0.25, 0.3) is 5.91 Å². The Bertz CT molecular complexity index is 483. The second kappa shape index (κ2) is 11.0. The SMILES string of the molecule is CCCNC(=O)CCN=C(NCC)N1CCN(C(=O)C2CCCO2)CC1. The molecule has 2 aliphatic rings. The van der Waals surface area contributed by atoms with Crippen molar-refractivity contribution in [3.05, 3.63) is 0 Å². The average Bonchev–Trinajstić information content (AvgIpc) is 3.20. The molecule has 2 N–H and O–H groups in total. The molecule has 0 aliphatic carbocycles. The summed E-state index contributed by atoms with van der Waals surface area (Å²) in [6.45, 7) is 9.55. The van der Waals surface area contributed by atoms with Gasteiger partial charge in [0, 0.05) is 52.3 Å². The number of guanidine groups is 1. The third kappa shape index (κ3) is 6.16. The van der Waals surface area contributed by atoms with Crippen molar-refractivity contribution >= 4 is 17.8 Å². The van der Waals surface area contributed by atoms with Crippen LogP contribution in [0.3, 0.4) is 0 Å². The van der Waals surface area contributed by atoms with Gasteiger partial charge in [0.05, 0.1) is 6.54 Å². The van der Waals surface area contributed by atoms with E-state index in [9.17, 15) is 9.59 Å². The van der Waals surface area contributed by atoms with Gasteiger partial charge in [0.1, 0.15) is 6.10 Å². The van der Waals surface area contributed by atoms with E-state index in [-0.39, 0.29) is 17.9 Å². The van der Waals surface area contributed by atoms with Gasteiger partial charge in [0.15, 0.2) is 5.96 Å². The lowest BCUT2D eigenvalue weighted by atomic mass is 10.2. The second-order valence-corrected chi connectivity index (χ2v) is 6.65. The summed E-state index contributed by atoms with van der Waals surface area (Å²) >= 11 is 0. The summed E-state index contributed by atoms with van der Waals surface area (Å²) in [5, 5.41) is 6.15. The molecule has 2 aliphatic heterocycles. The van der Waals surface area contributed by atoms with E-state index in [0.29, 0.717) is 39.2 Å². The first kappa shape index (κ1) is 20.5. The highest BCUT2D eigenvalue weighted by Gasteiger charge is 2.30. The topological polar surface area (TPSA) is 86.3 Å². The molecule has 0 bridgehead atoms. The number of nitrogens with one attached hydrogen (secondary N) is 2. The first-order valence-electron chi connectivity index (χ1n) is 9.86. The van der Waals surface area contributed by atoms with Crippen molar-refractivity contribution in [1.29, 1.82) is 0 Å². The van der Waals surface area contributed by atoms with Crippen LogP contribution in [0.1, 0.15) is 39.5 Å². The minimum absolute atomic E-state index is 0.0402. The van der Waals surface area contributed by atoms with Crippen molar-refractivity contribution in [3.8, 4) is 0 Å². The van der Waals surface area contributed by atoms with Crippen LogP contribution in [-0.2, 0) is 14.3 Å². The van der Waals surface area contributed by atoms with Gasteiger partial charge >= 0.3 is 0 Å². The predicted molar refractivity (Wildman–Crippen MR) is 101 cm³/mol. The van der Waals surface area contributed by atoms with Gasteiger partial charge in [0.2, 0.25) is 5.91 Å². The van der Waals surface area contributed by atoms with Gasteiger partial charge in [-0.3, -0.25) is 14.6 Å². The molecule has 0 aromatic carbocycles. The number of rotatable bonds is 7. The molecular formula is C18H33N5O3. The van der Waals surface area contributed by atoms with Crippen LogP contribution in [0.2, 0.25) is 0 Å². The van der Waals surface area contributed by atoms with Crippen molar-refractivity contribution in [1.82, 2.24) is 20.4 Å². The fourth-order valence-electron chi connectivity index (χ4n) is 3.16. The Morgan fingerprint density at radius 2 is 1.85 bits per heavy atom. The molecule has 2 rings (SSSR count). The van der Waals surface area contributed by atoms with Crippen molar-refractivity contribution in [2.24, 2.45) is 4.99 Å². The van der Waals surface area contributed by atoms with E-state index in [2.05, 4.69) is 20.5 Å². The second-order valence-electron chi connectivity index (χ2n) is 6.65. The summed E-state index contributed by atoms with van der Waals surface area (Å²) < 4.78 is 5.51. The van der Waals surface area contributed by atoms with Crippen LogP contribution in [0, 0.1) is 0 Å². The van der Waals surface area contributed by atoms with Crippen molar-refractivity contribution in [2.45, 2.75) is 45.6 Å². The summed E-state index contributed by atoms with van der Waals surface area (Å²) in [6, 6.07) is 0. The minimum atomic E-state index is -0.245.